The minimum absolute atomic E-state index is 0.0126. The zero-order chi connectivity index (χ0) is 15.9. The summed E-state index contributed by atoms with van der Waals surface area (Å²) < 4.78 is 5.56. The molecule has 3 heteroatoms. The molecule has 0 aliphatic rings. The molecule has 1 aromatic carbocycles. The SMILES string of the molecule is CC(C)(C)CC(C)(C)NCC(O)COCc1ccccc1. The highest BCUT2D eigenvalue weighted by Gasteiger charge is 2.25. The third-order valence-electron chi connectivity index (χ3n) is 3.21. The molecule has 120 valence electrons. The molecule has 1 unspecified atom stereocenters. The summed E-state index contributed by atoms with van der Waals surface area (Å²) in [5, 5.41) is 13.4. The molecule has 0 saturated heterocycles. The second-order valence-electron chi connectivity index (χ2n) is 7.66. The van der Waals surface area contributed by atoms with Crippen molar-refractivity contribution in [1.82, 2.24) is 5.32 Å². The van der Waals surface area contributed by atoms with Gasteiger partial charge in [-0.15, -0.1) is 0 Å². The summed E-state index contributed by atoms with van der Waals surface area (Å²) in [7, 11) is 0. The zero-order valence-corrected chi connectivity index (χ0v) is 14.1. The van der Waals surface area contributed by atoms with Crippen molar-refractivity contribution in [2.45, 2.75) is 59.3 Å². The minimum Gasteiger partial charge on any atom is -0.389 e. The molecule has 1 atom stereocenters. The van der Waals surface area contributed by atoms with Crippen LogP contribution in [-0.2, 0) is 11.3 Å². The first-order valence-electron chi connectivity index (χ1n) is 7.73. The van der Waals surface area contributed by atoms with Crippen LogP contribution in [0.4, 0.5) is 0 Å². The van der Waals surface area contributed by atoms with E-state index in [1.807, 2.05) is 30.3 Å². The van der Waals surface area contributed by atoms with E-state index in [1.54, 1.807) is 0 Å². The van der Waals surface area contributed by atoms with E-state index in [0.29, 0.717) is 19.8 Å². The fourth-order valence-electron chi connectivity index (χ4n) is 2.73. The van der Waals surface area contributed by atoms with Crippen LogP contribution in [0.25, 0.3) is 0 Å². The van der Waals surface area contributed by atoms with Crippen molar-refractivity contribution in [1.29, 1.82) is 0 Å². The Hall–Kier alpha value is -0.900. The maximum Gasteiger partial charge on any atom is 0.0898 e. The van der Waals surface area contributed by atoms with Gasteiger partial charge in [0.15, 0.2) is 0 Å². The number of aliphatic hydroxyl groups excluding tert-OH is 1. The van der Waals surface area contributed by atoms with E-state index in [2.05, 4.69) is 39.9 Å². The molecule has 1 rings (SSSR count). The van der Waals surface area contributed by atoms with Gasteiger partial charge in [-0.2, -0.15) is 0 Å². The van der Waals surface area contributed by atoms with Crippen LogP contribution in [0.1, 0.15) is 46.6 Å². The van der Waals surface area contributed by atoms with Crippen molar-refractivity contribution in [3.05, 3.63) is 35.9 Å². The molecule has 0 spiro atoms. The highest BCUT2D eigenvalue weighted by molar-refractivity contribution is 5.13. The van der Waals surface area contributed by atoms with Crippen LogP contribution in [0.5, 0.6) is 0 Å². The topological polar surface area (TPSA) is 41.5 Å². The molecular formula is C18H31NO2. The standard InChI is InChI=1S/C18H31NO2/c1-17(2,3)14-18(4,5)19-11-16(20)13-21-12-15-9-7-6-8-10-15/h6-10,16,19-20H,11-14H2,1-5H3. The first kappa shape index (κ1) is 18.1. The number of nitrogens with one attached hydrogen (secondary N) is 1. The van der Waals surface area contributed by atoms with E-state index in [4.69, 9.17) is 4.74 Å². The van der Waals surface area contributed by atoms with Gasteiger partial charge >= 0.3 is 0 Å². The summed E-state index contributed by atoms with van der Waals surface area (Å²) >= 11 is 0. The van der Waals surface area contributed by atoms with Crippen LogP contribution in [0, 0.1) is 5.41 Å². The quantitative estimate of drug-likeness (QED) is 0.772. The van der Waals surface area contributed by atoms with Gasteiger partial charge in [-0.25, -0.2) is 0 Å². The zero-order valence-electron chi connectivity index (χ0n) is 14.1. The molecule has 0 saturated carbocycles. The summed E-state index contributed by atoms with van der Waals surface area (Å²) in [5.74, 6) is 0. The molecule has 0 aliphatic heterocycles. The Morgan fingerprint density at radius 3 is 2.29 bits per heavy atom. The van der Waals surface area contributed by atoms with Gasteiger partial charge in [-0.1, -0.05) is 51.1 Å². The number of rotatable bonds is 8. The van der Waals surface area contributed by atoms with Crippen LogP contribution < -0.4 is 5.32 Å². The number of hydrogen-bond donors (Lipinski definition) is 2. The molecule has 21 heavy (non-hydrogen) atoms. The monoisotopic (exact) mass is 293 g/mol. The molecule has 0 radical (unpaired) electrons. The predicted molar refractivity (Wildman–Crippen MR) is 88.3 cm³/mol. The van der Waals surface area contributed by atoms with Crippen molar-refractivity contribution in [3.8, 4) is 0 Å². The van der Waals surface area contributed by atoms with Crippen LogP contribution in [0.15, 0.2) is 30.3 Å². The molecule has 0 amide bonds. The van der Waals surface area contributed by atoms with Crippen molar-refractivity contribution in [3.63, 3.8) is 0 Å². The first-order valence-corrected chi connectivity index (χ1v) is 7.73. The van der Waals surface area contributed by atoms with Crippen LogP contribution >= 0.6 is 0 Å². The van der Waals surface area contributed by atoms with Crippen molar-refractivity contribution < 1.29 is 9.84 Å². The lowest BCUT2D eigenvalue weighted by atomic mass is 9.82. The smallest absolute Gasteiger partial charge is 0.0898 e. The van der Waals surface area contributed by atoms with E-state index >= 15 is 0 Å². The Kier molecular flexibility index (Phi) is 6.85. The second kappa shape index (κ2) is 7.92. The normalized spacial score (nSPS) is 14.2. The van der Waals surface area contributed by atoms with Gasteiger partial charge in [0, 0.05) is 12.1 Å². The average Bonchev–Trinajstić information content (AvgIpc) is 2.35. The van der Waals surface area contributed by atoms with E-state index < -0.39 is 6.10 Å². The third kappa shape index (κ3) is 8.86. The highest BCUT2D eigenvalue weighted by Crippen LogP contribution is 2.26. The Morgan fingerprint density at radius 2 is 1.71 bits per heavy atom. The largest absolute Gasteiger partial charge is 0.389 e. The van der Waals surface area contributed by atoms with Gasteiger partial charge in [0.2, 0.25) is 0 Å². The molecule has 0 bridgehead atoms. The van der Waals surface area contributed by atoms with Gasteiger partial charge in [-0.3, -0.25) is 0 Å². The molecule has 1 aromatic rings. The lowest BCUT2D eigenvalue weighted by Gasteiger charge is -2.34. The van der Waals surface area contributed by atoms with Gasteiger partial charge < -0.3 is 15.2 Å². The van der Waals surface area contributed by atoms with Gasteiger partial charge in [-0.05, 0) is 31.2 Å². The number of benzene rings is 1. The fourth-order valence-corrected chi connectivity index (χ4v) is 2.73. The van der Waals surface area contributed by atoms with Crippen molar-refractivity contribution >= 4 is 0 Å². The van der Waals surface area contributed by atoms with Crippen LogP contribution in [-0.4, -0.2) is 29.9 Å². The Morgan fingerprint density at radius 1 is 1.10 bits per heavy atom. The van der Waals surface area contributed by atoms with Gasteiger partial charge in [0.25, 0.3) is 0 Å². The number of ether oxygens (including phenoxy) is 1. The maximum absolute atomic E-state index is 10.0. The molecule has 0 fully saturated rings. The van der Waals surface area contributed by atoms with Gasteiger partial charge in [0.05, 0.1) is 19.3 Å². The molecular weight excluding hydrogens is 262 g/mol. The first-order chi connectivity index (χ1) is 9.68. The maximum atomic E-state index is 10.0. The molecule has 2 N–H and O–H groups in total. The van der Waals surface area contributed by atoms with Gasteiger partial charge in [0.1, 0.15) is 0 Å². The third-order valence-corrected chi connectivity index (χ3v) is 3.21. The minimum atomic E-state index is -0.479. The van der Waals surface area contributed by atoms with E-state index in [0.717, 1.165) is 12.0 Å². The molecule has 3 nitrogen and oxygen atoms in total. The van der Waals surface area contributed by atoms with Crippen LogP contribution in [0.2, 0.25) is 0 Å². The van der Waals surface area contributed by atoms with E-state index in [1.165, 1.54) is 0 Å². The molecule has 0 heterocycles. The summed E-state index contributed by atoms with van der Waals surface area (Å²) in [6, 6.07) is 10.0. The lowest BCUT2D eigenvalue weighted by Crippen LogP contribution is -2.46. The van der Waals surface area contributed by atoms with Crippen LogP contribution in [0.3, 0.4) is 0 Å². The van der Waals surface area contributed by atoms with Crippen molar-refractivity contribution in [2.75, 3.05) is 13.2 Å². The fraction of sp³-hybridized carbons (Fsp3) is 0.667. The summed E-state index contributed by atoms with van der Waals surface area (Å²) in [4.78, 5) is 0. The summed E-state index contributed by atoms with van der Waals surface area (Å²) in [6.45, 7) is 12.5. The van der Waals surface area contributed by atoms with E-state index in [9.17, 15) is 5.11 Å². The molecule has 0 aromatic heterocycles. The van der Waals surface area contributed by atoms with E-state index in [-0.39, 0.29) is 11.0 Å². The number of aliphatic hydroxyl groups is 1. The Bertz CT molecular complexity index is 395. The Balaban J connectivity index is 2.23. The number of hydrogen-bond acceptors (Lipinski definition) is 3. The van der Waals surface area contributed by atoms with Crippen molar-refractivity contribution in [2.24, 2.45) is 5.41 Å². The number of β-amino-alcohol motifs (C(OH)–C–C–N with tert-alkyl or cyclic N) is 1. The predicted octanol–water partition coefficient (Wildman–Crippen LogP) is 3.37. The second-order valence-corrected chi connectivity index (χ2v) is 7.66. The average molecular weight is 293 g/mol. The highest BCUT2D eigenvalue weighted by atomic mass is 16.5. The Labute approximate surface area is 129 Å². The summed E-state index contributed by atoms with van der Waals surface area (Å²) in [5.41, 5.74) is 1.41. The molecule has 0 aliphatic carbocycles. The lowest BCUT2D eigenvalue weighted by molar-refractivity contribution is 0.0244. The summed E-state index contributed by atoms with van der Waals surface area (Å²) in [6.07, 6.45) is 0.574.